The Hall–Kier alpha value is -1.28. The molecule has 0 aromatic heterocycles. The van der Waals surface area contributed by atoms with Crippen molar-refractivity contribution in [3.63, 3.8) is 0 Å². The number of fused-ring (bicyclic) bond motifs is 3. The van der Waals surface area contributed by atoms with Crippen molar-refractivity contribution in [3.8, 4) is 0 Å². The Morgan fingerprint density at radius 3 is 1.67 bits per heavy atom. The molecule has 24 heavy (non-hydrogen) atoms. The molecule has 0 nitrogen and oxygen atoms in total. The number of hydrogen-bond donors (Lipinski definition) is 0. The summed E-state index contributed by atoms with van der Waals surface area (Å²) in [6.45, 7) is 4.31. The van der Waals surface area contributed by atoms with E-state index in [1.54, 1.807) is 0 Å². The van der Waals surface area contributed by atoms with Gasteiger partial charge in [0.2, 0.25) is 0 Å². The molecule has 2 radical (unpaired) electrons. The van der Waals surface area contributed by atoms with Crippen LogP contribution in [0.2, 0.25) is 13.1 Å². The summed E-state index contributed by atoms with van der Waals surface area (Å²) in [5, 5.41) is 5.39. The summed E-state index contributed by atoms with van der Waals surface area (Å²) in [7, 11) is 1.08. The molecule has 0 aliphatic heterocycles. The SMILES string of the molecule is C[Si]C.[C-]1=CC=CC1.[CH3-].[CH3-].[Ti+4].c1ccc2c(c1)[cH-]c1ccccc12. The second-order valence-electron chi connectivity index (χ2n) is 4.82. The fourth-order valence-electron chi connectivity index (χ4n) is 2.24. The van der Waals surface area contributed by atoms with Crippen molar-refractivity contribution in [1.29, 1.82) is 0 Å². The first-order chi connectivity index (χ1) is 10.4. The van der Waals surface area contributed by atoms with Gasteiger partial charge in [-0.05, 0) is 0 Å². The Morgan fingerprint density at radius 2 is 1.33 bits per heavy atom. The van der Waals surface area contributed by atoms with Crippen molar-refractivity contribution in [2.45, 2.75) is 19.5 Å². The van der Waals surface area contributed by atoms with Crippen LogP contribution in [0.1, 0.15) is 6.42 Å². The summed E-state index contributed by atoms with van der Waals surface area (Å²) in [5.74, 6) is 0. The smallest absolute Gasteiger partial charge is 0.358 e. The van der Waals surface area contributed by atoms with Crippen molar-refractivity contribution < 1.29 is 21.7 Å². The zero-order valence-corrected chi connectivity index (χ0v) is 17.7. The second-order valence-corrected chi connectivity index (χ2v) is 5.82. The maximum absolute atomic E-state index is 2.99. The molecule has 1 aliphatic carbocycles. The van der Waals surface area contributed by atoms with Gasteiger partial charge in [0, 0.05) is 9.52 Å². The summed E-state index contributed by atoms with van der Waals surface area (Å²) in [5.41, 5.74) is 0. The number of hydrogen-bond acceptors (Lipinski definition) is 0. The third-order valence-corrected chi connectivity index (χ3v) is 3.11. The summed E-state index contributed by atoms with van der Waals surface area (Å²) in [6.07, 6.45) is 10.0. The van der Waals surface area contributed by atoms with E-state index in [1.807, 2.05) is 12.2 Å². The van der Waals surface area contributed by atoms with Crippen LogP contribution in [-0.4, -0.2) is 9.52 Å². The zero-order chi connectivity index (χ0) is 14.9. The topological polar surface area (TPSA) is 0 Å². The van der Waals surface area contributed by atoms with Gasteiger partial charge in [0.15, 0.2) is 0 Å². The van der Waals surface area contributed by atoms with Crippen molar-refractivity contribution in [2.24, 2.45) is 0 Å². The van der Waals surface area contributed by atoms with Crippen molar-refractivity contribution in [2.75, 3.05) is 0 Å². The van der Waals surface area contributed by atoms with Crippen LogP contribution in [0.15, 0.2) is 72.8 Å². The van der Waals surface area contributed by atoms with Gasteiger partial charge < -0.3 is 14.9 Å². The van der Waals surface area contributed by atoms with Gasteiger partial charge in [0.25, 0.3) is 0 Å². The van der Waals surface area contributed by atoms with Gasteiger partial charge >= 0.3 is 21.7 Å². The van der Waals surface area contributed by atoms with Crippen LogP contribution in [0.25, 0.3) is 21.5 Å². The molecule has 0 saturated heterocycles. The summed E-state index contributed by atoms with van der Waals surface area (Å²) < 4.78 is 0. The Morgan fingerprint density at radius 1 is 0.875 bits per heavy atom. The van der Waals surface area contributed by atoms with Crippen LogP contribution in [0.3, 0.4) is 0 Å². The fraction of sp³-hybridized carbons (Fsp3) is 0.136. The van der Waals surface area contributed by atoms with E-state index in [9.17, 15) is 0 Å². The van der Waals surface area contributed by atoms with Crippen molar-refractivity contribution >= 4 is 31.1 Å². The van der Waals surface area contributed by atoms with Gasteiger partial charge in [-0.1, -0.05) is 49.5 Å². The molecule has 0 fully saturated rings. The normalized spacial score (nSPS) is 10.4. The number of allylic oxidation sites excluding steroid dienone is 4. The van der Waals surface area contributed by atoms with Crippen molar-refractivity contribution in [3.05, 3.63) is 93.8 Å². The van der Waals surface area contributed by atoms with Gasteiger partial charge in [-0.15, -0.1) is 46.2 Å². The van der Waals surface area contributed by atoms with E-state index >= 15 is 0 Å². The average molecular weight is 366 g/mol. The quantitative estimate of drug-likeness (QED) is 0.307. The molecule has 0 saturated carbocycles. The second kappa shape index (κ2) is 14.1. The zero-order valence-electron chi connectivity index (χ0n) is 15.1. The minimum Gasteiger partial charge on any atom is -0.358 e. The first-order valence-electron chi connectivity index (χ1n) is 7.20. The Bertz CT molecular complexity index is 677. The predicted octanol–water partition coefficient (Wildman–Crippen LogP) is 6.70. The van der Waals surface area contributed by atoms with Crippen LogP contribution in [0, 0.1) is 20.9 Å². The van der Waals surface area contributed by atoms with Gasteiger partial charge in [-0.2, -0.15) is 6.08 Å². The van der Waals surface area contributed by atoms with Gasteiger partial charge in [-0.25, -0.2) is 12.2 Å². The van der Waals surface area contributed by atoms with E-state index in [1.165, 1.54) is 21.5 Å². The molecule has 0 unspecified atom stereocenters. The maximum atomic E-state index is 2.99. The standard InChI is InChI=1S/C13H9.C5H5.C2H6Si.2CH3.Ti/c1-3-7-12-10(5-1)9-11-6-2-4-8-13(11)12;1-2-4-5-3-1;1-3-2;;;/h1-9H;1-3H,4H2;1-2H3;2*1H3;/q2*-1;;2*-1;+4. The van der Waals surface area contributed by atoms with Gasteiger partial charge in [0.05, 0.1) is 0 Å². The van der Waals surface area contributed by atoms with Crippen molar-refractivity contribution in [1.82, 2.24) is 0 Å². The average Bonchev–Trinajstić information content (AvgIpc) is 3.19. The Labute approximate surface area is 165 Å². The van der Waals surface area contributed by atoms with E-state index in [2.05, 4.69) is 79.8 Å². The van der Waals surface area contributed by atoms with Gasteiger partial charge in [0.1, 0.15) is 0 Å². The Kier molecular flexibility index (Phi) is 14.7. The third kappa shape index (κ3) is 7.09. The number of benzene rings is 2. The van der Waals surface area contributed by atoms with E-state index in [0.29, 0.717) is 0 Å². The largest absolute Gasteiger partial charge is 4.00 e. The van der Waals surface area contributed by atoms with Gasteiger partial charge in [-0.3, -0.25) is 6.08 Å². The molecule has 0 spiro atoms. The summed E-state index contributed by atoms with van der Waals surface area (Å²) >= 11 is 0. The molecule has 0 bridgehead atoms. The van der Waals surface area contributed by atoms with Crippen LogP contribution in [-0.2, 0) is 21.7 Å². The predicted molar refractivity (Wildman–Crippen MR) is 109 cm³/mol. The summed E-state index contributed by atoms with van der Waals surface area (Å²) in [6, 6.07) is 19.3. The molecular formula is C22H26SiTi. The minimum atomic E-state index is 0. The molecule has 0 atom stereocenters. The molecule has 3 aromatic carbocycles. The molecule has 122 valence electrons. The van der Waals surface area contributed by atoms with E-state index < -0.39 is 0 Å². The molecule has 3 aromatic rings. The first kappa shape index (κ1) is 25.0. The number of rotatable bonds is 0. The molecule has 2 heteroatoms. The molecule has 0 heterocycles. The molecule has 1 aliphatic rings. The monoisotopic (exact) mass is 366 g/mol. The first-order valence-corrected chi connectivity index (χ1v) is 9.20. The molecule has 0 amide bonds. The van der Waals surface area contributed by atoms with Crippen LogP contribution in [0.4, 0.5) is 0 Å². The van der Waals surface area contributed by atoms with E-state index in [4.69, 9.17) is 0 Å². The third-order valence-electron chi connectivity index (χ3n) is 3.11. The Balaban J connectivity index is 0. The van der Waals surface area contributed by atoms with Crippen LogP contribution in [0.5, 0.6) is 0 Å². The maximum Gasteiger partial charge on any atom is 4.00 e. The molecule has 4 rings (SSSR count). The van der Waals surface area contributed by atoms with E-state index in [-0.39, 0.29) is 36.6 Å². The minimum absolute atomic E-state index is 0. The molecular weight excluding hydrogens is 340 g/mol. The van der Waals surface area contributed by atoms with Crippen LogP contribution < -0.4 is 0 Å². The van der Waals surface area contributed by atoms with E-state index in [0.717, 1.165) is 15.9 Å². The fourth-order valence-corrected chi connectivity index (χ4v) is 2.24. The summed E-state index contributed by atoms with van der Waals surface area (Å²) in [4.78, 5) is 0. The molecule has 0 N–H and O–H groups in total. The van der Waals surface area contributed by atoms with Crippen LogP contribution >= 0.6 is 0 Å².